The molecule has 0 unspecified atom stereocenters. The summed E-state index contributed by atoms with van der Waals surface area (Å²) in [4.78, 5) is 8.26. The van der Waals surface area contributed by atoms with E-state index >= 15 is 0 Å². The molecule has 7 nitrogen and oxygen atoms in total. The molecule has 0 saturated carbocycles. The van der Waals surface area contributed by atoms with Gasteiger partial charge in [0.05, 0.1) is 6.54 Å². The molecule has 0 spiro atoms. The molecule has 2 heterocycles. The fourth-order valence-electron chi connectivity index (χ4n) is 1.26. The highest BCUT2D eigenvalue weighted by molar-refractivity contribution is 4.87. The van der Waals surface area contributed by atoms with Gasteiger partial charge in [0.25, 0.3) is 0 Å². The van der Waals surface area contributed by atoms with Crippen LogP contribution in [0, 0.1) is 0 Å². The van der Waals surface area contributed by atoms with Crippen molar-refractivity contribution in [2.75, 3.05) is 7.05 Å². The number of hydrogen-bond donors (Lipinski definition) is 1. The first-order valence-electron chi connectivity index (χ1n) is 4.65. The number of aryl methyl sites for hydroxylation is 1. The minimum absolute atomic E-state index is 0.590. The first-order valence-corrected chi connectivity index (χ1v) is 4.65. The van der Waals surface area contributed by atoms with Crippen molar-refractivity contribution >= 4 is 0 Å². The lowest BCUT2D eigenvalue weighted by atomic mass is 10.6. The summed E-state index contributed by atoms with van der Waals surface area (Å²) in [6.45, 7) is 1.26. The molecule has 0 bridgehead atoms. The van der Waals surface area contributed by atoms with Crippen molar-refractivity contribution in [2.45, 2.75) is 13.1 Å². The summed E-state index contributed by atoms with van der Waals surface area (Å²) >= 11 is 0. The van der Waals surface area contributed by atoms with Gasteiger partial charge in [-0.3, -0.25) is 4.68 Å². The van der Waals surface area contributed by atoms with Crippen LogP contribution in [0.2, 0.25) is 0 Å². The molecule has 0 radical (unpaired) electrons. The average Bonchev–Trinajstić information content (AvgIpc) is 2.79. The van der Waals surface area contributed by atoms with E-state index in [-0.39, 0.29) is 0 Å². The molecule has 0 aliphatic heterocycles. The highest BCUT2D eigenvalue weighted by Gasteiger charge is 2.04. The number of hydrogen-bond acceptors (Lipinski definition) is 5. The lowest BCUT2D eigenvalue weighted by molar-refractivity contribution is 0.597. The molecule has 0 atom stereocenters. The second-order valence-corrected chi connectivity index (χ2v) is 3.19. The topological polar surface area (TPSA) is 73.5 Å². The molecule has 0 aliphatic carbocycles. The van der Waals surface area contributed by atoms with Crippen LogP contribution in [-0.4, -0.2) is 36.6 Å². The van der Waals surface area contributed by atoms with E-state index in [2.05, 4.69) is 25.5 Å². The third kappa shape index (κ3) is 2.18. The van der Waals surface area contributed by atoms with Crippen LogP contribution in [-0.2, 0) is 20.1 Å². The Labute approximate surface area is 87.2 Å². The summed E-state index contributed by atoms with van der Waals surface area (Å²) < 4.78 is 3.47. The third-order valence-electron chi connectivity index (χ3n) is 2.03. The molecular weight excluding hydrogens is 194 g/mol. The second-order valence-electron chi connectivity index (χ2n) is 3.19. The Morgan fingerprint density at radius 2 is 2.27 bits per heavy atom. The third-order valence-corrected chi connectivity index (χ3v) is 2.03. The van der Waals surface area contributed by atoms with Crippen molar-refractivity contribution in [1.82, 2.24) is 34.8 Å². The fourth-order valence-corrected chi connectivity index (χ4v) is 1.26. The summed E-state index contributed by atoms with van der Waals surface area (Å²) in [6.07, 6.45) is 3.22. The lowest BCUT2D eigenvalue weighted by Gasteiger charge is -1.99. The van der Waals surface area contributed by atoms with E-state index in [0.717, 1.165) is 11.6 Å². The maximum absolute atomic E-state index is 4.28. The van der Waals surface area contributed by atoms with Gasteiger partial charge in [-0.15, -0.1) is 0 Å². The van der Waals surface area contributed by atoms with Gasteiger partial charge in [-0.2, -0.15) is 10.2 Å². The molecular formula is C8H13N7. The number of nitrogens with one attached hydrogen (secondary N) is 1. The maximum Gasteiger partial charge on any atom is 0.164 e. The van der Waals surface area contributed by atoms with Gasteiger partial charge in [-0.05, 0) is 7.05 Å². The summed E-state index contributed by atoms with van der Waals surface area (Å²) in [7, 11) is 3.72. The summed E-state index contributed by atoms with van der Waals surface area (Å²) in [5.41, 5.74) is 0. The van der Waals surface area contributed by atoms with Gasteiger partial charge in [-0.1, -0.05) is 0 Å². The first-order chi connectivity index (χ1) is 7.29. The van der Waals surface area contributed by atoms with E-state index < -0.39 is 0 Å². The molecule has 2 aromatic heterocycles. The maximum atomic E-state index is 4.28. The Bertz CT molecular complexity index is 430. The monoisotopic (exact) mass is 207 g/mol. The van der Waals surface area contributed by atoms with Gasteiger partial charge < -0.3 is 5.32 Å². The smallest absolute Gasteiger partial charge is 0.164 e. The summed E-state index contributed by atoms with van der Waals surface area (Å²) in [6, 6.07) is 0. The Balaban J connectivity index is 2.08. The lowest BCUT2D eigenvalue weighted by Crippen LogP contribution is -2.10. The Morgan fingerprint density at radius 1 is 1.40 bits per heavy atom. The predicted octanol–water partition coefficient (Wildman–Crippen LogP) is -0.826. The van der Waals surface area contributed by atoms with Gasteiger partial charge in [0.2, 0.25) is 0 Å². The zero-order chi connectivity index (χ0) is 10.7. The van der Waals surface area contributed by atoms with Crippen LogP contribution in [0.15, 0.2) is 12.7 Å². The van der Waals surface area contributed by atoms with E-state index in [0.29, 0.717) is 13.1 Å². The van der Waals surface area contributed by atoms with E-state index in [9.17, 15) is 0 Å². The van der Waals surface area contributed by atoms with Crippen molar-refractivity contribution in [3.8, 4) is 0 Å². The molecule has 2 aromatic rings. The summed E-state index contributed by atoms with van der Waals surface area (Å²) in [5.74, 6) is 1.63. The predicted molar refractivity (Wildman–Crippen MR) is 52.9 cm³/mol. The Hall–Kier alpha value is -1.76. The molecule has 0 saturated heterocycles. The molecule has 15 heavy (non-hydrogen) atoms. The first kappa shape index (κ1) is 9.78. The zero-order valence-electron chi connectivity index (χ0n) is 8.75. The van der Waals surface area contributed by atoms with E-state index in [1.54, 1.807) is 15.7 Å². The molecule has 0 fully saturated rings. The second kappa shape index (κ2) is 4.18. The molecule has 80 valence electrons. The quantitative estimate of drug-likeness (QED) is 0.708. The SMILES string of the molecule is CNCc1ncn(Cc2ncnn2C)n1. The standard InChI is InChI=1S/C8H13N7/c1-9-3-7-11-6-15(13-7)4-8-10-5-12-14(8)2/h5-6,9H,3-4H2,1-2H3. The molecule has 2 rings (SSSR count). The minimum atomic E-state index is 0.590. The van der Waals surface area contributed by atoms with Crippen LogP contribution in [0.5, 0.6) is 0 Å². The Morgan fingerprint density at radius 3 is 2.93 bits per heavy atom. The van der Waals surface area contributed by atoms with Crippen LogP contribution in [0.3, 0.4) is 0 Å². The van der Waals surface area contributed by atoms with E-state index in [1.165, 1.54) is 6.33 Å². The van der Waals surface area contributed by atoms with Gasteiger partial charge in [0, 0.05) is 7.05 Å². The molecule has 0 amide bonds. The van der Waals surface area contributed by atoms with Crippen LogP contribution in [0.1, 0.15) is 11.6 Å². The van der Waals surface area contributed by atoms with Crippen LogP contribution in [0.25, 0.3) is 0 Å². The van der Waals surface area contributed by atoms with E-state index in [4.69, 9.17) is 0 Å². The fraction of sp³-hybridized carbons (Fsp3) is 0.500. The molecule has 0 aliphatic rings. The van der Waals surface area contributed by atoms with Crippen molar-refractivity contribution in [3.63, 3.8) is 0 Å². The molecule has 0 aromatic carbocycles. The Kier molecular flexibility index (Phi) is 2.72. The van der Waals surface area contributed by atoms with Crippen LogP contribution in [0.4, 0.5) is 0 Å². The highest BCUT2D eigenvalue weighted by Crippen LogP contribution is 1.96. The number of aromatic nitrogens is 6. The average molecular weight is 207 g/mol. The van der Waals surface area contributed by atoms with Crippen molar-refractivity contribution in [3.05, 3.63) is 24.3 Å². The van der Waals surface area contributed by atoms with Gasteiger partial charge in [0.15, 0.2) is 5.82 Å². The van der Waals surface area contributed by atoms with Crippen molar-refractivity contribution in [2.24, 2.45) is 7.05 Å². The largest absolute Gasteiger partial charge is 0.313 e. The highest BCUT2D eigenvalue weighted by atomic mass is 15.4. The molecule has 7 heteroatoms. The van der Waals surface area contributed by atoms with Crippen molar-refractivity contribution in [1.29, 1.82) is 0 Å². The van der Waals surface area contributed by atoms with Crippen molar-refractivity contribution < 1.29 is 0 Å². The normalized spacial score (nSPS) is 10.8. The number of nitrogens with zero attached hydrogens (tertiary/aromatic N) is 6. The van der Waals surface area contributed by atoms with E-state index in [1.807, 2.05) is 14.1 Å². The van der Waals surface area contributed by atoms with Gasteiger partial charge >= 0.3 is 0 Å². The minimum Gasteiger partial charge on any atom is -0.313 e. The molecule has 1 N–H and O–H groups in total. The zero-order valence-corrected chi connectivity index (χ0v) is 8.75. The number of rotatable bonds is 4. The van der Waals surface area contributed by atoms with Crippen LogP contribution < -0.4 is 5.32 Å². The summed E-state index contributed by atoms with van der Waals surface area (Å²) in [5, 5.41) is 11.3. The van der Waals surface area contributed by atoms with Crippen LogP contribution >= 0.6 is 0 Å². The van der Waals surface area contributed by atoms with Gasteiger partial charge in [-0.25, -0.2) is 14.6 Å². The van der Waals surface area contributed by atoms with Gasteiger partial charge in [0.1, 0.15) is 25.0 Å².